The van der Waals surface area contributed by atoms with Gasteiger partial charge in [0.25, 0.3) is 0 Å². The third-order valence-electron chi connectivity index (χ3n) is 6.72. The summed E-state index contributed by atoms with van der Waals surface area (Å²) in [5.41, 5.74) is 0.826. The van der Waals surface area contributed by atoms with E-state index in [1.54, 1.807) is 0 Å². The van der Waals surface area contributed by atoms with Gasteiger partial charge in [-0.2, -0.15) is 0 Å². The molecule has 3 rings (SSSR count). The predicted octanol–water partition coefficient (Wildman–Crippen LogP) is 2.01. The van der Waals surface area contributed by atoms with E-state index in [2.05, 4.69) is 20.9 Å². The molecule has 30 heavy (non-hydrogen) atoms. The average molecular weight is 422 g/mol. The van der Waals surface area contributed by atoms with Gasteiger partial charge in [0.15, 0.2) is 0 Å². The Morgan fingerprint density at radius 1 is 1.03 bits per heavy atom. The molecule has 0 aromatic heterocycles. The third-order valence-corrected chi connectivity index (χ3v) is 6.72. The minimum atomic E-state index is -1.82. The summed E-state index contributed by atoms with van der Waals surface area (Å²) < 4.78 is 6.96. The van der Waals surface area contributed by atoms with Gasteiger partial charge in [-0.1, -0.05) is 30.3 Å². The first-order chi connectivity index (χ1) is 14.1. The van der Waals surface area contributed by atoms with E-state index in [9.17, 15) is 9.90 Å². The summed E-state index contributed by atoms with van der Waals surface area (Å²) in [6, 6.07) is 11.2. The lowest BCUT2D eigenvalue weighted by Crippen LogP contribution is -2.62. The van der Waals surface area contributed by atoms with Crippen molar-refractivity contribution in [2.45, 2.75) is 69.7 Å². The van der Waals surface area contributed by atoms with Crippen molar-refractivity contribution in [1.82, 2.24) is 0 Å². The van der Waals surface area contributed by atoms with E-state index >= 15 is 0 Å². The summed E-state index contributed by atoms with van der Waals surface area (Å²) in [5, 5.41) is 24.4. The van der Waals surface area contributed by atoms with Crippen molar-refractivity contribution >= 4 is 17.9 Å². The molecule has 3 N–H and O–H groups in total. The second-order valence-corrected chi connectivity index (χ2v) is 8.49. The zero-order valence-corrected chi connectivity index (χ0v) is 17.7. The van der Waals surface area contributed by atoms with E-state index < -0.39 is 17.9 Å². The van der Waals surface area contributed by atoms with Crippen LogP contribution >= 0.6 is 0 Å². The summed E-state index contributed by atoms with van der Waals surface area (Å²) >= 11 is 0. The highest BCUT2D eigenvalue weighted by Gasteiger charge is 2.53. The fourth-order valence-electron chi connectivity index (χ4n) is 4.82. The summed E-state index contributed by atoms with van der Waals surface area (Å²) in [7, 11) is 2.37. The Hall–Kier alpha value is -2.45. The minimum absolute atomic E-state index is 0.00212. The molecule has 2 saturated heterocycles. The van der Waals surface area contributed by atoms with Gasteiger partial charge in [0, 0.05) is 25.7 Å². The van der Waals surface area contributed by atoms with Crippen LogP contribution in [0.15, 0.2) is 30.3 Å². The highest BCUT2D eigenvalue weighted by Crippen LogP contribution is 2.44. The Labute approximate surface area is 176 Å². The maximum absolute atomic E-state index is 12.6. The Morgan fingerprint density at radius 3 is 1.93 bits per heavy atom. The fraction of sp³-hybridized carbons (Fsp3) is 0.591. The Kier molecular flexibility index (Phi) is 7.97. The second-order valence-electron chi connectivity index (χ2n) is 8.49. The molecule has 1 unspecified atom stereocenters. The van der Waals surface area contributed by atoms with Gasteiger partial charge < -0.3 is 24.5 Å². The molecule has 2 fully saturated rings. The van der Waals surface area contributed by atoms with E-state index in [0.29, 0.717) is 18.1 Å². The number of ether oxygens (including phenoxy) is 1. The van der Waals surface area contributed by atoms with E-state index in [-0.39, 0.29) is 18.7 Å². The number of hydrogen-bond acceptors (Lipinski definition) is 5. The monoisotopic (exact) mass is 422 g/mol. The number of carboxylic acids is 2. The molecule has 1 aromatic carbocycles. The number of carbonyl (C=O) groups excluding carboxylic acids is 1. The quantitative estimate of drug-likeness (QED) is 0.377. The number of carboxylic acid groups (broad SMARTS) is 2. The summed E-state index contributed by atoms with van der Waals surface area (Å²) in [6.07, 6.45) is 4.36. The van der Waals surface area contributed by atoms with Gasteiger partial charge >= 0.3 is 17.9 Å². The van der Waals surface area contributed by atoms with Gasteiger partial charge in [-0.05, 0) is 19.4 Å². The number of piperidine rings is 1. The largest absolute Gasteiger partial charge is 0.473 e. The first kappa shape index (κ1) is 23.8. The first-order valence-corrected chi connectivity index (χ1v) is 10.3. The number of fused-ring (bicyclic) bond motifs is 2. The minimum Gasteiger partial charge on any atom is -0.473 e. The molecule has 0 saturated carbocycles. The molecule has 2 heterocycles. The van der Waals surface area contributed by atoms with Gasteiger partial charge in [-0.25, -0.2) is 9.59 Å². The number of esters is 1. The fourth-order valence-corrected chi connectivity index (χ4v) is 4.82. The molecule has 0 amide bonds. The van der Waals surface area contributed by atoms with Crippen molar-refractivity contribution in [2.75, 3.05) is 13.7 Å². The predicted molar refractivity (Wildman–Crippen MR) is 109 cm³/mol. The van der Waals surface area contributed by atoms with Gasteiger partial charge in [-0.15, -0.1) is 0 Å². The van der Waals surface area contributed by atoms with E-state index in [0.717, 1.165) is 22.9 Å². The molecule has 166 valence electrons. The van der Waals surface area contributed by atoms with Gasteiger partial charge in [0.2, 0.25) is 0 Å². The average Bonchev–Trinajstić information content (AvgIpc) is 2.87. The highest BCUT2D eigenvalue weighted by molar-refractivity contribution is 6.27. The smallest absolute Gasteiger partial charge is 0.414 e. The van der Waals surface area contributed by atoms with Crippen molar-refractivity contribution in [3.8, 4) is 0 Å². The summed E-state index contributed by atoms with van der Waals surface area (Å²) in [4.78, 5) is 30.8. The zero-order valence-electron chi connectivity index (χ0n) is 17.7. The van der Waals surface area contributed by atoms with Crippen LogP contribution in [0.5, 0.6) is 0 Å². The number of carbonyl (C=O) groups is 3. The lowest BCUT2D eigenvalue weighted by molar-refractivity contribution is -0.968. The Morgan fingerprint density at radius 2 is 1.53 bits per heavy atom. The number of aliphatic hydroxyl groups is 1. The number of aliphatic hydroxyl groups excluding tert-OH is 1. The van der Waals surface area contributed by atoms with Crippen LogP contribution in [0, 0.1) is 0 Å². The molecule has 0 radical (unpaired) electrons. The van der Waals surface area contributed by atoms with Crippen molar-refractivity contribution in [1.29, 1.82) is 0 Å². The maximum Gasteiger partial charge on any atom is 0.414 e. The Balaban J connectivity index is 0.000000469. The number of nitrogens with zero attached hydrogens (tertiary/aromatic N) is 1. The van der Waals surface area contributed by atoms with E-state index in [4.69, 9.17) is 24.5 Å². The first-order valence-electron chi connectivity index (χ1n) is 10.3. The van der Waals surface area contributed by atoms with Crippen LogP contribution in [-0.4, -0.2) is 75.6 Å². The van der Waals surface area contributed by atoms with Crippen LogP contribution in [0.4, 0.5) is 0 Å². The van der Waals surface area contributed by atoms with E-state index in [1.807, 2.05) is 30.3 Å². The normalized spacial score (nSPS) is 28.2. The van der Waals surface area contributed by atoms with Crippen LogP contribution in [-0.2, 0) is 19.1 Å². The van der Waals surface area contributed by atoms with Crippen molar-refractivity contribution in [2.24, 2.45) is 0 Å². The third kappa shape index (κ3) is 5.17. The van der Waals surface area contributed by atoms with Crippen LogP contribution in [0.3, 0.4) is 0 Å². The zero-order chi connectivity index (χ0) is 22.5. The standard InChI is InChI=1S/C20H30NO3.C2H2O4/c1-14(2)21(3)16-9-10-17(21)12-18(11-16)24-20(23)19(13-22)15-7-5-4-6-8-15;3-1(4)2(5)6/h4-8,14,16-19,22H,9-13H2,1-3H3;(H,3,4)(H,5,6)/q+1;/t16-,17-,18?,19?,21?;/m1./s1. The van der Waals surface area contributed by atoms with Crippen molar-refractivity contribution in [3.63, 3.8) is 0 Å². The summed E-state index contributed by atoms with van der Waals surface area (Å²) in [6.45, 7) is 4.39. The lowest BCUT2D eigenvalue weighted by Gasteiger charge is -2.49. The molecule has 2 aliphatic heterocycles. The number of rotatable bonds is 5. The molecule has 2 bridgehead atoms. The molecule has 1 aromatic rings. The molecular weight excluding hydrogens is 390 g/mol. The van der Waals surface area contributed by atoms with Gasteiger partial charge in [0.05, 0.1) is 31.8 Å². The summed E-state index contributed by atoms with van der Waals surface area (Å²) in [5.74, 6) is -4.50. The van der Waals surface area contributed by atoms with Crippen LogP contribution < -0.4 is 0 Å². The maximum atomic E-state index is 12.6. The number of quaternary nitrogens is 1. The van der Waals surface area contributed by atoms with Gasteiger partial charge in [0.1, 0.15) is 12.0 Å². The van der Waals surface area contributed by atoms with Gasteiger partial charge in [-0.3, -0.25) is 4.79 Å². The molecule has 3 atom stereocenters. The molecule has 2 aliphatic rings. The molecule has 8 nitrogen and oxygen atoms in total. The van der Waals surface area contributed by atoms with Crippen LogP contribution in [0.2, 0.25) is 0 Å². The Bertz CT molecular complexity index is 723. The van der Waals surface area contributed by atoms with E-state index in [1.165, 1.54) is 12.8 Å². The molecule has 8 heteroatoms. The number of hydrogen-bond donors (Lipinski definition) is 3. The number of aliphatic carboxylic acids is 2. The van der Waals surface area contributed by atoms with Crippen molar-refractivity contribution in [3.05, 3.63) is 35.9 Å². The number of benzene rings is 1. The lowest BCUT2D eigenvalue weighted by atomic mass is 9.94. The molecule has 0 spiro atoms. The van der Waals surface area contributed by atoms with Crippen LogP contribution in [0.25, 0.3) is 0 Å². The highest BCUT2D eigenvalue weighted by atomic mass is 16.5. The van der Waals surface area contributed by atoms with Crippen molar-refractivity contribution < 1.29 is 38.9 Å². The molecule has 0 aliphatic carbocycles. The SMILES string of the molecule is CC(C)[N+]1(C)[C@@H]2CC[C@@H]1CC(OC(=O)C(CO)c1ccccc1)C2.O=C(O)C(=O)O. The molecular formula is C22H32NO7+. The van der Waals surface area contributed by atoms with Crippen LogP contribution in [0.1, 0.15) is 51.0 Å². The second kappa shape index (κ2) is 10.0. The topological polar surface area (TPSA) is 121 Å².